The number of carbonyl (C=O) groups excluding carboxylic acids is 2. The van der Waals surface area contributed by atoms with Crippen LogP contribution in [0.25, 0.3) is 0 Å². The van der Waals surface area contributed by atoms with Gasteiger partial charge in [-0.1, -0.05) is 19.9 Å². The fourth-order valence-electron chi connectivity index (χ4n) is 7.41. The molecule has 4 aliphatic rings. The Balaban J connectivity index is 1.57. The number of carbonyl (C=O) groups is 2. The Hall–Kier alpha value is -2.26. The number of aliphatic hydroxyl groups excluding tert-OH is 3. The highest BCUT2D eigenvalue weighted by molar-refractivity contribution is 5.80. The molecule has 12 unspecified atom stereocenters. The molecule has 0 radical (unpaired) electrons. The molecule has 0 bridgehead atoms. The number of ether oxygens (including phenoxy) is 4. The number of nitrogens with one attached hydrogen (secondary N) is 2. The molecule has 1 saturated heterocycles. The molecular weight excluding hydrogens is 634 g/mol. The van der Waals surface area contributed by atoms with Crippen LogP contribution in [0.1, 0.15) is 80.1 Å². The van der Waals surface area contributed by atoms with Gasteiger partial charge in [0.1, 0.15) is 41.4 Å². The van der Waals surface area contributed by atoms with E-state index in [4.69, 9.17) is 18.9 Å². The van der Waals surface area contributed by atoms with Crippen LogP contribution in [-0.4, -0.2) is 124 Å². The SMILES string of the molecule is C=CCCC(O)C(=O)NC1CC(C)C(C2OC(CNCC3CC3)=CCC2C)C(O)C1OC1OCC(C)(O)C(N(C)C(=O)OC(C)(C)C)C1O. The molecule has 4 rings (SSSR count). The van der Waals surface area contributed by atoms with E-state index in [1.54, 1.807) is 26.8 Å². The molecule has 2 aliphatic carbocycles. The largest absolute Gasteiger partial charge is 0.493 e. The lowest BCUT2D eigenvalue weighted by atomic mass is 9.68. The summed E-state index contributed by atoms with van der Waals surface area (Å²) in [6.07, 6.45) is 0.406. The first-order valence-corrected chi connectivity index (χ1v) is 17.9. The number of hydrogen-bond donors (Lipinski definition) is 6. The molecule has 0 aromatic rings. The van der Waals surface area contributed by atoms with Gasteiger partial charge in [0.05, 0.1) is 31.3 Å². The Labute approximate surface area is 291 Å². The number of aliphatic hydroxyl groups is 4. The first-order valence-electron chi connectivity index (χ1n) is 17.9. The number of nitrogens with zero attached hydrogens (tertiary/aromatic N) is 1. The van der Waals surface area contributed by atoms with Crippen LogP contribution in [0, 0.1) is 23.7 Å². The van der Waals surface area contributed by atoms with Crippen LogP contribution in [0.15, 0.2) is 24.5 Å². The maximum absolute atomic E-state index is 13.1. The van der Waals surface area contributed by atoms with Gasteiger partial charge in [-0.25, -0.2) is 4.79 Å². The van der Waals surface area contributed by atoms with Gasteiger partial charge in [-0.3, -0.25) is 4.79 Å². The summed E-state index contributed by atoms with van der Waals surface area (Å²) in [7, 11) is 1.42. The minimum absolute atomic E-state index is 0.0836. The molecule has 2 amide bonds. The molecule has 280 valence electrons. The fourth-order valence-corrected chi connectivity index (χ4v) is 7.41. The number of allylic oxidation sites excluding steroid dienone is 2. The normalized spacial score (nSPS) is 37.3. The minimum atomic E-state index is -1.67. The highest BCUT2D eigenvalue weighted by atomic mass is 16.7. The maximum atomic E-state index is 13.1. The third-order valence-corrected chi connectivity index (χ3v) is 10.2. The topological polar surface area (TPSA) is 179 Å². The molecule has 13 nitrogen and oxygen atoms in total. The predicted molar refractivity (Wildman–Crippen MR) is 182 cm³/mol. The van der Waals surface area contributed by atoms with Crippen molar-refractivity contribution < 1.29 is 49.0 Å². The van der Waals surface area contributed by atoms with E-state index in [1.807, 2.05) is 6.92 Å². The van der Waals surface area contributed by atoms with Crippen LogP contribution in [0.4, 0.5) is 4.79 Å². The third kappa shape index (κ3) is 10.2. The molecule has 2 heterocycles. The van der Waals surface area contributed by atoms with Crippen LogP contribution in [-0.2, 0) is 23.7 Å². The summed E-state index contributed by atoms with van der Waals surface area (Å²) >= 11 is 0. The van der Waals surface area contributed by atoms with Crippen molar-refractivity contribution in [3.63, 3.8) is 0 Å². The monoisotopic (exact) mass is 695 g/mol. The Morgan fingerprint density at radius 3 is 2.53 bits per heavy atom. The summed E-state index contributed by atoms with van der Waals surface area (Å²) in [4.78, 5) is 27.3. The predicted octanol–water partition coefficient (Wildman–Crippen LogP) is 2.21. The average molecular weight is 696 g/mol. The van der Waals surface area contributed by atoms with Gasteiger partial charge in [0.15, 0.2) is 6.29 Å². The maximum Gasteiger partial charge on any atom is 0.410 e. The quantitative estimate of drug-likeness (QED) is 0.156. The molecule has 0 spiro atoms. The summed E-state index contributed by atoms with van der Waals surface area (Å²) < 4.78 is 24.3. The zero-order chi connectivity index (χ0) is 36.3. The average Bonchev–Trinajstić information content (AvgIpc) is 3.83. The summed E-state index contributed by atoms with van der Waals surface area (Å²) in [5, 5.41) is 51.9. The van der Waals surface area contributed by atoms with Crippen molar-refractivity contribution >= 4 is 12.0 Å². The van der Waals surface area contributed by atoms with Gasteiger partial charge in [-0.05, 0) is 96.6 Å². The summed E-state index contributed by atoms with van der Waals surface area (Å²) in [5.41, 5.74) is -2.48. The van der Waals surface area contributed by atoms with E-state index < -0.39 is 71.9 Å². The Kier molecular flexibility index (Phi) is 13.2. The van der Waals surface area contributed by atoms with Gasteiger partial charge in [-0.2, -0.15) is 0 Å². The van der Waals surface area contributed by atoms with Crippen LogP contribution < -0.4 is 10.6 Å². The number of hydrogen-bond acceptors (Lipinski definition) is 11. The van der Waals surface area contributed by atoms with E-state index in [-0.39, 0.29) is 31.0 Å². The molecular formula is C36H61N3O10. The van der Waals surface area contributed by atoms with Crippen molar-refractivity contribution in [2.24, 2.45) is 23.7 Å². The van der Waals surface area contributed by atoms with Crippen molar-refractivity contribution in [1.29, 1.82) is 0 Å². The molecule has 12 atom stereocenters. The van der Waals surface area contributed by atoms with Crippen molar-refractivity contribution in [2.75, 3.05) is 26.7 Å². The second-order valence-electron chi connectivity index (χ2n) is 16.0. The zero-order valence-corrected chi connectivity index (χ0v) is 30.3. The second-order valence-corrected chi connectivity index (χ2v) is 16.0. The van der Waals surface area contributed by atoms with E-state index in [2.05, 4.69) is 30.2 Å². The summed E-state index contributed by atoms with van der Waals surface area (Å²) in [6.45, 7) is 15.6. The van der Waals surface area contributed by atoms with Crippen molar-refractivity contribution in [3.05, 3.63) is 24.5 Å². The molecule has 6 N–H and O–H groups in total. The minimum Gasteiger partial charge on any atom is -0.493 e. The van der Waals surface area contributed by atoms with Crippen LogP contribution >= 0.6 is 0 Å². The van der Waals surface area contributed by atoms with E-state index in [1.165, 1.54) is 26.8 Å². The van der Waals surface area contributed by atoms with Gasteiger partial charge in [-0.15, -0.1) is 6.58 Å². The van der Waals surface area contributed by atoms with E-state index in [0.717, 1.165) is 29.5 Å². The molecule has 49 heavy (non-hydrogen) atoms. The zero-order valence-electron chi connectivity index (χ0n) is 30.3. The Morgan fingerprint density at radius 2 is 1.90 bits per heavy atom. The van der Waals surface area contributed by atoms with E-state index in [9.17, 15) is 30.0 Å². The van der Waals surface area contributed by atoms with Crippen molar-refractivity contribution in [1.82, 2.24) is 15.5 Å². The van der Waals surface area contributed by atoms with Gasteiger partial charge in [0, 0.05) is 13.0 Å². The number of rotatable bonds is 13. The van der Waals surface area contributed by atoms with Crippen LogP contribution in [0.2, 0.25) is 0 Å². The standard InChI is InChI=1S/C36H61N3O10/c1-9-10-11-25(40)32(43)38-24-16-21(3)26(29-20(2)12-15-23(47-29)18-37-17-22-13-14-22)27(41)30(24)48-33-28(42)31(36(7,45)19-46-33)39(8)34(44)49-35(4,5)6/h9,15,20-22,24-31,33,37,40-42,45H,1,10-14,16-19H2,2-8H3,(H,38,43). The molecule has 2 saturated carbocycles. The first kappa shape index (κ1) is 39.5. The molecule has 0 aromatic heterocycles. The lowest BCUT2D eigenvalue weighted by Crippen LogP contribution is -2.69. The van der Waals surface area contributed by atoms with Crippen molar-refractivity contribution in [2.45, 2.75) is 140 Å². The van der Waals surface area contributed by atoms with Crippen molar-refractivity contribution in [3.8, 4) is 0 Å². The third-order valence-electron chi connectivity index (χ3n) is 10.2. The molecule has 3 fully saturated rings. The van der Waals surface area contributed by atoms with Crippen LogP contribution in [0.3, 0.4) is 0 Å². The number of amides is 2. The van der Waals surface area contributed by atoms with Gasteiger partial charge in [0.2, 0.25) is 5.91 Å². The fraction of sp³-hybridized carbons (Fsp3) is 0.833. The Morgan fingerprint density at radius 1 is 1.20 bits per heavy atom. The highest BCUT2D eigenvalue weighted by Crippen LogP contribution is 2.42. The lowest BCUT2D eigenvalue weighted by molar-refractivity contribution is -0.307. The highest BCUT2D eigenvalue weighted by Gasteiger charge is 2.55. The lowest BCUT2D eigenvalue weighted by Gasteiger charge is -2.51. The Bertz CT molecular complexity index is 1170. The molecule has 2 aliphatic heterocycles. The summed E-state index contributed by atoms with van der Waals surface area (Å²) in [5.74, 6) is 0.505. The first-order chi connectivity index (χ1) is 22.9. The van der Waals surface area contributed by atoms with Crippen LogP contribution in [0.5, 0.6) is 0 Å². The van der Waals surface area contributed by atoms with Gasteiger partial charge >= 0.3 is 6.09 Å². The second kappa shape index (κ2) is 16.4. The summed E-state index contributed by atoms with van der Waals surface area (Å²) in [6, 6.07) is -1.95. The van der Waals surface area contributed by atoms with Gasteiger partial charge < -0.3 is 54.9 Å². The van der Waals surface area contributed by atoms with E-state index >= 15 is 0 Å². The smallest absolute Gasteiger partial charge is 0.410 e. The van der Waals surface area contributed by atoms with E-state index in [0.29, 0.717) is 19.4 Å². The molecule has 13 heteroatoms. The van der Waals surface area contributed by atoms with Gasteiger partial charge in [0.25, 0.3) is 0 Å². The molecule has 0 aromatic carbocycles. The number of likely N-dealkylation sites (N-methyl/N-ethyl adjacent to an activating group) is 1.